The fourth-order valence-corrected chi connectivity index (χ4v) is 2.51. The van der Waals surface area contributed by atoms with E-state index in [0.29, 0.717) is 5.02 Å². The van der Waals surface area contributed by atoms with Crippen LogP contribution in [0.5, 0.6) is 0 Å². The average molecular weight is 251 g/mol. The predicted molar refractivity (Wildman–Crippen MR) is 68.3 cm³/mol. The summed E-state index contributed by atoms with van der Waals surface area (Å²) in [6.07, 6.45) is 3.33. The highest BCUT2D eigenvalue weighted by atomic mass is 35.5. The van der Waals surface area contributed by atoms with Crippen LogP contribution in [0.25, 0.3) is 11.1 Å². The summed E-state index contributed by atoms with van der Waals surface area (Å²) in [4.78, 5) is 4.46. The zero-order valence-electron chi connectivity index (χ0n) is 9.58. The van der Waals surface area contributed by atoms with Crippen LogP contribution in [0.1, 0.15) is 18.7 Å². The van der Waals surface area contributed by atoms with Gasteiger partial charge in [0.1, 0.15) is 5.52 Å². The van der Waals surface area contributed by atoms with Crippen molar-refractivity contribution in [2.24, 2.45) is 5.92 Å². The molecule has 1 aromatic heterocycles. The number of aromatic nitrogens is 1. The average Bonchev–Trinajstić information content (AvgIpc) is 2.94. The molecule has 4 heteroatoms. The molecule has 2 heterocycles. The van der Waals surface area contributed by atoms with Crippen molar-refractivity contribution in [3.05, 3.63) is 29.1 Å². The molecular formula is C13H15ClN2O. The van der Waals surface area contributed by atoms with Crippen LogP contribution in [0.15, 0.2) is 22.6 Å². The van der Waals surface area contributed by atoms with Gasteiger partial charge in [-0.25, -0.2) is 4.98 Å². The largest absolute Gasteiger partial charge is 0.441 e. The zero-order valence-corrected chi connectivity index (χ0v) is 10.3. The molecule has 90 valence electrons. The van der Waals surface area contributed by atoms with E-state index in [4.69, 9.17) is 16.0 Å². The summed E-state index contributed by atoms with van der Waals surface area (Å²) in [5.74, 6) is 1.60. The second-order valence-corrected chi connectivity index (χ2v) is 5.05. The minimum atomic E-state index is 0.706. The SMILES string of the molecule is Clc1ccc2oc(CCC3CCNC3)nc2c1. The Bertz CT molecular complexity index is 517. The van der Waals surface area contributed by atoms with Crippen LogP contribution < -0.4 is 5.32 Å². The van der Waals surface area contributed by atoms with E-state index in [0.717, 1.165) is 48.8 Å². The highest BCUT2D eigenvalue weighted by molar-refractivity contribution is 6.31. The lowest BCUT2D eigenvalue weighted by atomic mass is 10.0. The van der Waals surface area contributed by atoms with Gasteiger partial charge in [-0.15, -0.1) is 0 Å². The summed E-state index contributed by atoms with van der Waals surface area (Å²) < 4.78 is 5.69. The first kappa shape index (κ1) is 11.1. The fourth-order valence-electron chi connectivity index (χ4n) is 2.34. The number of nitrogens with one attached hydrogen (secondary N) is 1. The highest BCUT2D eigenvalue weighted by Gasteiger charge is 2.15. The first-order valence-corrected chi connectivity index (χ1v) is 6.45. The van der Waals surface area contributed by atoms with Crippen molar-refractivity contribution in [3.8, 4) is 0 Å². The Kier molecular flexibility index (Phi) is 3.04. The molecule has 0 aliphatic carbocycles. The molecule has 0 spiro atoms. The number of nitrogens with zero attached hydrogens (tertiary/aromatic N) is 1. The maximum absolute atomic E-state index is 5.92. The van der Waals surface area contributed by atoms with Crippen molar-refractivity contribution in [2.45, 2.75) is 19.3 Å². The minimum Gasteiger partial charge on any atom is -0.441 e. The van der Waals surface area contributed by atoms with E-state index in [1.807, 2.05) is 18.2 Å². The van der Waals surface area contributed by atoms with E-state index in [1.54, 1.807) is 0 Å². The Labute approximate surface area is 105 Å². The zero-order chi connectivity index (χ0) is 11.7. The monoisotopic (exact) mass is 250 g/mol. The molecular weight excluding hydrogens is 236 g/mol. The Morgan fingerprint density at radius 2 is 2.41 bits per heavy atom. The third-order valence-electron chi connectivity index (χ3n) is 3.32. The molecule has 0 saturated carbocycles. The van der Waals surface area contributed by atoms with Gasteiger partial charge in [0.15, 0.2) is 11.5 Å². The molecule has 3 rings (SSSR count). The predicted octanol–water partition coefficient (Wildman–Crippen LogP) is 3.02. The molecule has 1 unspecified atom stereocenters. The van der Waals surface area contributed by atoms with Gasteiger partial charge >= 0.3 is 0 Å². The standard InChI is InChI=1S/C13H15ClN2O/c14-10-2-3-12-11(7-10)16-13(17-12)4-1-9-5-6-15-8-9/h2-3,7,9,15H,1,4-6,8H2. The van der Waals surface area contributed by atoms with Crippen LogP contribution in [0.4, 0.5) is 0 Å². The number of benzene rings is 1. The van der Waals surface area contributed by atoms with Crippen molar-refractivity contribution < 1.29 is 4.42 Å². The molecule has 0 bridgehead atoms. The topological polar surface area (TPSA) is 38.1 Å². The molecule has 1 N–H and O–H groups in total. The van der Waals surface area contributed by atoms with Gasteiger partial charge in [0.05, 0.1) is 0 Å². The Hall–Kier alpha value is -1.06. The minimum absolute atomic E-state index is 0.706. The van der Waals surface area contributed by atoms with Crippen LogP contribution in [0, 0.1) is 5.92 Å². The molecule has 1 fully saturated rings. The smallest absolute Gasteiger partial charge is 0.195 e. The summed E-state index contributed by atoms with van der Waals surface area (Å²) in [6, 6.07) is 5.56. The van der Waals surface area contributed by atoms with Crippen molar-refractivity contribution in [1.29, 1.82) is 0 Å². The number of fused-ring (bicyclic) bond motifs is 1. The van der Waals surface area contributed by atoms with E-state index in [9.17, 15) is 0 Å². The second-order valence-electron chi connectivity index (χ2n) is 4.62. The van der Waals surface area contributed by atoms with E-state index >= 15 is 0 Å². The summed E-state index contributed by atoms with van der Waals surface area (Å²) >= 11 is 5.92. The van der Waals surface area contributed by atoms with E-state index in [1.165, 1.54) is 6.42 Å². The van der Waals surface area contributed by atoms with Crippen LogP contribution >= 0.6 is 11.6 Å². The Balaban J connectivity index is 1.72. The highest BCUT2D eigenvalue weighted by Crippen LogP contribution is 2.22. The summed E-state index contributed by atoms with van der Waals surface area (Å²) in [5, 5.41) is 4.08. The number of oxazole rings is 1. The molecule has 0 radical (unpaired) electrons. The Morgan fingerprint density at radius 3 is 3.24 bits per heavy atom. The molecule has 1 aromatic carbocycles. The first-order chi connectivity index (χ1) is 8.31. The summed E-state index contributed by atoms with van der Waals surface area (Å²) in [6.45, 7) is 2.28. The second kappa shape index (κ2) is 4.67. The van der Waals surface area contributed by atoms with Crippen LogP contribution in [-0.2, 0) is 6.42 Å². The quantitative estimate of drug-likeness (QED) is 0.910. The van der Waals surface area contributed by atoms with Gasteiger partial charge in [-0.1, -0.05) is 11.6 Å². The molecule has 1 aliphatic heterocycles. The maximum Gasteiger partial charge on any atom is 0.195 e. The number of hydrogen-bond acceptors (Lipinski definition) is 3. The third-order valence-corrected chi connectivity index (χ3v) is 3.56. The molecule has 2 aromatic rings. The summed E-state index contributed by atoms with van der Waals surface area (Å²) in [5.41, 5.74) is 1.69. The molecule has 17 heavy (non-hydrogen) atoms. The molecule has 1 saturated heterocycles. The lowest BCUT2D eigenvalue weighted by molar-refractivity contribution is 0.466. The van der Waals surface area contributed by atoms with Gasteiger partial charge < -0.3 is 9.73 Å². The number of aryl methyl sites for hydroxylation is 1. The molecule has 1 atom stereocenters. The van der Waals surface area contributed by atoms with Crippen LogP contribution in [0.2, 0.25) is 5.02 Å². The van der Waals surface area contributed by atoms with Crippen molar-refractivity contribution in [1.82, 2.24) is 10.3 Å². The van der Waals surface area contributed by atoms with Crippen molar-refractivity contribution in [2.75, 3.05) is 13.1 Å². The fraction of sp³-hybridized carbons (Fsp3) is 0.462. The van der Waals surface area contributed by atoms with E-state index in [-0.39, 0.29) is 0 Å². The number of rotatable bonds is 3. The maximum atomic E-state index is 5.92. The molecule has 3 nitrogen and oxygen atoms in total. The lowest BCUT2D eigenvalue weighted by Crippen LogP contribution is -2.09. The van der Waals surface area contributed by atoms with E-state index in [2.05, 4.69) is 10.3 Å². The van der Waals surface area contributed by atoms with E-state index < -0.39 is 0 Å². The van der Waals surface area contributed by atoms with Crippen molar-refractivity contribution >= 4 is 22.7 Å². The van der Waals surface area contributed by atoms with Gasteiger partial charge in [-0.2, -0.15) is 0 Å². The van der Waals surface area contributed by atoms with Gasteiger partial charge in [-0.05, 0) is 50.0 Å². The first-order valence-electron chi connectivity index (χ1n) is 6.07. The van der Waals surface area contributed by atoms with Gasteiger partial charge in [-0.3, -0.25) is 0 Å². The molecule has 0 amide bonds. The lowest BCUT2D eigenvalue weighted by Gasteiger charge is -2.04. The summed E-state index contributed by atoms with van der Waals surface area (Å²) in [7, 11) is 0. The van der Waals surface area contributed by atoms with Gasteiger partial charge in [0.2, 0.25) is 0 Å². The molecule has 1 aliphatic rings. The van der Waals surface area contributed by atoms with Gasteiger partial charge in [0.25, 0.3) is 0 Å². The number of halogens is 1. The number of hydrogen-bond donors (Lipinski definition) is 1. The normalized spacial score (nSPS) is 20.2. The van der Waals surface area contributed by atoms with Gasteiger partial charge in [0, 0.05) is 11.4 Å². The van der Waals surface area contributed by atoms with Crippen molar-refractivity contribution in [3.63, 3.8) is 0 Å². The Morgan fingerprint density at radius 1 is 1.47 bits per heavy atom. The van der Waals surface area contributed by atoms with Crippen LogP contribution in [0.3, 0.4) is 0 Å². The van der Waals surface area contributed by atoms with Crippen LogP contribution in [-0.4, -0.2) is 18.1 Å². The third kappa shape index (κ3) is 2.45.